The van der Waals surface area contributed by atoms with Crippen LogP contribution in [0, 0.1) is 6.92 Å². The molecular weight excluding hydrogens is 366 g/mol. The molecule has 0 saturated heterocycles. The van der Waals surface area contributed by atoms with Gasteiger partial charge in [0.2, 0.25) is 5.91 Å². The average Bonchev–Trinajstić information content (AvgIpc) is 3.10. The van der Waals surface area contributed by atoms with E-state index in [9.17, 15) is 4.79 Å². The van der Waals surface area contributed by atoms with E-state index in [4.69, 9.17) is 4.42 Å². The molecule has 0 fully saturated rings. The first-order valence-corrected chi connectivity index (χ1v) is 8.16. The van der Waals surface area contributed by atoms with Crippen molar-refractivity contribution in [3.05, 3.63) is 51.3 Å². The van der Waals surface area contributed by atoms with Crippen molar-refractivity contribution in [2.24, 2.45) is 0 Å². The number of benzene rings is 1. The number of hydrogen-bond acceptors (Lipinski definition) is 5. The van der Waals surface area contributed by atoms with Gasteiger partial charge in [0.05, 0.1) is 15.1 Å². The molecule has 0 aliphatic rings. The average molecular weight is 378 g/mol. The molecule has 0 aliphatic carbocycles. The minimum absolute atomic E-state index is 0.108. The van der Waals surface area contributed by atoms with Crippen LogP contribution in [0.1, 0.15) is 11.1 Å². The molecular formula is C15H12BrN3O2S. The molecule has 1 aromatic carbocycles. The molecule has 3 rings (SSSR count). The molecule has 1 N–H and O–H groups in total. The third-order valence-electron chi connectivity index (χ3n) is 2.94. The normalized spacial score (nSPS) is 10.6. The molecule has 7 heteroatoms. The monoisotopic (exact) mass is 377 g/mol. The summed E-state index contributed by atoms with van der Waals surface area (Å²) >= 11 is 4.86. The van der Waals surface area contributed by atoms with Gasteiger partial charge in [-0.15, -0.1) is 16.4 Å². The van der Waals surface area contributed by atoms with Gasteiger partial charge < -0.3 is 4.42 Å². The summed E-state index contributed by atoms with van der Waals surface area (Å²) in [6.45, 7) is 2.01. The summed E-state index contributed by atoms with van der Waals surface area (Å²) in [6.07, 6.45) is 0.266. The summed E-state index contributed by atoms with van der Waals surface area (Å²) in [6, 6.07) is 11.7. The van der Waals surface area contributed by atoms with Gasteiger partial charge in [0.25, 0.3) is 5.89 Å². The van der Waals surface area contributed by atoms with E-state index >= 15 is 0 Å². The number of aryl methyl sites for hydroxylation is 1. The lowest BCUT2D eigenvalue weighted by atomic mass is 10.1. The number of aromatic nitrogens is 2. The van der Waals surface area contributed by atoms with E-state index in [1.807, 2.05) is 43.3 Å². The maximum atomic E-state index is 12.0. The van der Waals surface area contributed by atoms with Crippen LogP contribution in [-0.4, -0.2) is 16.1 Å². The van der Waals surface area contributed by atoms with Crippen molar-refractivity contribution in [1.82, 2.24) is 10.2 Å². The van der Waals surface area contributed by atoms with Crippen molar-refractivity contribution >= 4 is 39.2 Å². The van der Waals surface area contributed by atoms with Crippen LogP contribution in [0.25, 0.3) is 10.8 Å². The van der Waals surface area contributed by atoms with Crippen molar-refractivity contribution in [2.75, 3.05) is 5.32 Å². The van der Waals surface area contributed by atoms with Crippen molar-refractivity contribution in [3.63, 3.8) is 0 Å². The van der Waals surface area contributed by atoms with E-state index in [0.29, 0.717) is 5.89 Å². The Balaban J connectivity index is 1.64. The van der Waals surface area contributed by atoms with Gasteiger partial charge in [-0.1, -0.05) is 34.9 Å². The van der Waals surface area contributed by atoms with Crippen molar-refractivity contribution in [1.29, 1.82) is 0 Å². The minimum Gasteiger partial charge on any atom is -0.402 e. The third-order valence-corrected chi connectivity index (χ3v) is 4.55. The summed E-state index contributed by atoms with van der Waals surface area (Å²) in [7, 11) is 0. The molecule has 0 radical (unpaired) electrons. The maximum Gasteiger partial charge on any atom is 0.322 e. The summed E-state index contributed by atoms with van der Waals surface area (Å²) in [5, 5.41) is 10.4. The summed E-state index contributed by atoms with van der Waals surface area (Å²) in [5.41, 5.74) is 2.10. The lowest BCUT2D eigenvalue weighted by Crippen LogP contribution is -2.14. The molecule has 0 atom stereocenters. The molecule has 3 aromatic rings. The van der Waals surface area contributed by atoms with Crippen molar-refractivity contribution in [3.8, 4) is 10.8 Å². The third kappa shape index (κ3) is 3.61. The van der Waals surface area contributed by atoms with Crippen LogP contribution in [0.5, 0.6) is 0 Å². The number of rotatable bonds is 4. The van der Waals surface area contributed by atoms with Gasteiger partial charge in [0, 0.05) is 0 Å². The maximum absolute atomic E-state index is 12.0. The number of hydrogen-bond donors (Lipinski definition) is 1. The zero-order valence-corrected chi connectivity index (χ0v) is 14.1. The zero-order chi connectivity index (χ0) is 15.5. The van der Waals surface area contributed by atoms with Crippen LogP contribution in [0.15, 0.2) is 44.6 Å². The Morgan fingerprint density at radius 1 is 1.23 bits per heavy atom. The number of nitrogens with zero attached hydrogens (tertiary/aromatic N) is 2. The van der Waals surface area contributed by atoms with E-state index in [1.54, 1.807) is 0 Å². The highest BCUT2D eigenvalue weighted by Gasteiger charge is 2.13. The molecule has 112 valence electrons. The molecule has 0 aliphatic heterocycles. The SMILES string of the molecule is Cc1ccc(CC(=O)Nc2nnc(-c3ccc(Br)s3)o2)cc1. The number of carbonyl (C=O) groups is 1. The molecule has 1 amide bonds. The number of anilines is 1. The molecule has 2 heterocycles. The van der Waals surface area contributed by atoms with Crippen LogP contribution in [0.4, 0.5) is 6.01 Å². The fraction of sp³-hybridized carbons (Fsp3) is 0.133. The zero-order valence-electron chi connectivity index (χ0n) is 11.7. The fourth-order valence-electron chi connectivity index (χ4n) is 1.86. The Labute approximate surface area is 139 Å². The highest BCUT2D eigenvalue weighted by Crippen LogP contribution is 2.30. The van der Waals surface area contributed by atoms with Gasteiger partial charge >= 0.3 is 6.01 Å². The van der Waals surface area contributed by atoms with E-state index in [-0.39, 0.29) is 18.3 Å². The second kappa shape index (κ2) is 6.41. The molecule has 0 bridgehead atoms. The van der Waals surface area contributed by atoms with Gasteiger partial charge in [-0.2, -0.15) is 0 Å². The lowest BCUT2D eigenvalue weighted by Gasteiger charge is -2.01. The number of carbonyl (C=O) groups excluding carboxylic acids is 1. The predicted octanol–water partition coefficient (Wildman–Crippen LogP) is 4.05. The second-order valence-electron chi connectivity index (χ2n) is 4.73. The van der Waals surface area contributed by atoms with Gasteiger partial charge in [-0.05, 0) is 40.5 Å². The van der Waals surface area contributed by atoms with E-state index in [0.717, 1.165) is 19.8 Å². The number of halogens is 1. The summed E-state index contributed by atoms with van der Waals surface area (Å²) in [4.78, 5) is 12.8. The first kappa shape index (κ1) is 14.9. The molecule has 0 unspecified atom stereocenters. The second-order valence-corrected chi connectivity index (χ2v) is 7.19. The minimum atomic E-state index is -0.189. The highest BCUT2D eigenvalue weighted by atomic mass is 79.9. The van der Waals surface area contributed by atoms with Crippen LogP contribution in [-0.2, 0) is 11.2 Å². The molecule has 0 saturated carbocycles. The van der Waals surface area contributed by atoms with Crippen molar-refractivity contribution in [2.45, 2.75) is 13.3 Å². The number of thiophene rings is 1. The Hall–Kier alpha value is -1.99. The van der Waals surface area contributed by atoms with Crippen LogP contribution >= 0.6 is 27.3 Å². The standard InChI is InChI=1S/C15H12BrN3O2S/c1-9-2-4-10(5-3-9)8-13(20)17-15-19-18-14(21-15)11-6-7-12(16)22-11/h2-7H,8H2,1H3,(H,17,19,20). The summed E-state index contributed by atoms with van der Waals surface area (Å²) < 4.78 is 6.42. The topological polar surface area (TPSA) is 68.0 Å². The van der Waals surface area contributed by atoms with E-state index in [2.05, 4.69) is 31.4 Å². The Morgan fingerprint density at radius 2 is 2.00 bits per heavy atom. The van der Waals surface area contributed by atoms with Gasteiger partial charge in [-0.3, -0.25) is 10.1 Å². The molecule has 0 spiro atoms. The van der Waals surface area contributed by atoms with Crippen molar-refractivity contribution < 1.29 is 9.21 Å². The lowest BCUT2D eigenvalue weighted by molar-refractivity contribution is -0.115. The molecule has 2 aromatic heterocycles. The molecule has 5 nitrogen and oxygen atoms in total. The van der Waals surface area contributed by atoms with Crippen LogP contribution in [0.3, 0.4) is 0 Å². The smallest absolute Gasteiger partial charge is 0.322 e. The molecule has 22 heavy (non-hydrogen) atoms. The first-order chi connectivity index (χ1) is 10.6. The van der Waals surface area contributed by atoms with Gasteiger partial charge in [-0.25, -0.2) is 0 Å². The Bertz CT molecular complexity index is 795. The first-order valence-electron chi connectivity index (χ1n) is 6.55. The van der Waals surface area contributed by atoms with E-state index < -0.39 is 0 Å². The number of nitrogens with one attached hydrogen (secondary N) is 1. The predicted molar refractivity (Wildman–Crippen MR) is 88.8 cm³/mol. The Kier molecular flexibility index (Phi) is 4.35. The highest BCUT2D eigenvalue weighted by molar-refractivity contribution is 9.11. The quantitative estimate of drug-likeness (QED) is 0.744. The van der Waals surface area contributed by atoms with Crippen LogP contribution in [0.2, 0.25) is 0 Å². The summed E-state index contributed by atoms with van der Waals surface area (Å²) in [5.74, 6) is 0.202. The van der Waals surface area contributed by atoms with E-state index in [1.165, 1.54) is 11.3 Å². The van der Waals surface area contributed by atoms with Crippen LogP contribution < -0.4 is 5.32 Å². The number of amides is 1. The fourth-order valence-corrected chi connectivity index (χ4v) is 3.16. The van der Waals surface area contributed by atoms with Gasteiger partial charge in [0.1, 0.15) is 0 Å². The Morgan fingerprint density at radius 3 is 2.68 bits per heavy atom. The van der Waals surface area contributed by atoms with Gasteiger partial charge in [0.15, 0.2) is 0 Å². The largest absolute Gasteiger partial charge is 0.402 e.